The molecule has 1 aromatic heterocycles. The van der Waals surface area contributed by atoms with Gasteiger partial charge in [0.2, 0.25) is 5.91 Å². The van der Waals surface area contributed by atoms with Gasteiger partial charge in [0.25, 0.3) is 0 Å². The fourth-order valence-electron chi connectivity index (χ4n) is 3.12. The minimum atomic E-state index is -0.456. The maximum absolute atomic E-state index is 13.3. The molecular formula is C22H23FN2O3. The van der Waals surface area contributed by atoms with Crippen LogP contribution in [0.2, 0.25) is 0 Å². The molecule has 0 fully saturated rings. The lowest BCUT2D eigenvalue weighted by Gasteiger charge is -2.09. The van der Waals surface area contributed by atoms with Crippen molar-refractivity contribution in [2.75, 3.05) is 6.54 Å². The molecule has 3 aromatic rings. The largest absolute Gasteiger partial charge is 0.462 e. The maximum atomic E-state index is 13.3. The third kappa shape index (κ3) is 4.76. The number of hydrogen-bond donors (Lipinski definition) is 2. The summed E-state index contributed by atoms with van der Waals surface area (Å²) in [7, 11) is 0. The van der Waals surface area contributed by atoms with E-state index in [0.717, 1.165) is 27.7 Å². The van der Waals surface area contributed by atoms with Gasteiger partial charge in [-0.2, -0.15) is 0 Å². The third-order valence-corrected chi connectivity index (χ3v) is 4.35. The zero-order valence-corrected chi connectivity index (χ0v) is 15.9. The van der Waals surface area contributed by atoms with Gasteiger partial charge in [-0.15, -0.1) is 0 Å². The van der Waals surface area contributed by atoms with E-state index in [-0.39, 0.29) is 30.8 Å². The van der Waals surface area contributed by atoms with Crippen LogP contribution in [0.5, 0.6) is 0 Å². The molecule has 1 heterocycles. The van der Waals surface area contributed by atoms with Gasteiger partial charge in [-0.1, -0.05) is 18.2 Å². The van der Waals surface area contributed by atoms with Crippen molar-refractivity contribution in [3.8, 4) is 11.3 Å². The van der Waals surface area contributed by atoms with Crippen LogP contribution in [0, 0.1) is 5.82 Å². The van der Waals surface area contributed by atoms with Crippen LogP contribution >= 0.6 is 0 Å². The van der Waals surface area contributed by atoms with Crippen LogP contribution in [0.4, 0.5) is 4.39 Å². The van der Waals surface area contributed by atoms with Crippen molar-refractivity contribution >= 4 is 22.8 Å². The summed E-state index contributed by atoms with van der Waals surface area (Å²) in [5.41, 5.74) is 3.67. The zero-order valence-electron chi connectivity index (χ0n) is 15.9. The van der Waals surface area contributed by atoms with E-state index in [1.165, 1.54) is 12.1 Å². The van der Waals surface area contributed by atoms with Crippen molar-refractivity contribution in [1.29, 1.82) is 0 Å². The summed E-state index contributed by atoms with van der Waals surface area (Å²) in [6, 6.07) is 14.1. The first kappa shape index (κ1) is 19.6. The average Bonchev–Trinajstić information content (AvgIpc) is 3.03. The number of esters is 1. The molecule has 0 saturated heterocycles. The number of para-hydroxylation sites is 1. The van der Waals surface area contributed by atoms with Crippen molar-refractivity contribution in [2.45, 2.75) is 32.8 Å². The summed E-state index contributed by atoms with van der Waals surface area (Å²) >= 11 is 0. The Bertz CT molecular complexity index is 977. The lowest BCUT2D eigenvalue weighted by atomic mass is 10.0. The van der Waals surface area contributed by atoms with Crippen LogP contribution in [-0.2, 0) is 20.7 Å². The second kappa shape index (κ2) is 8.69. The summed E-state index contributed by atoms with van der Waals surface area (Å²) in [4.78, 5) is 27.1. The Morgan fingerprint density at radius 2 is 1.82 bits per heavy atom. The second-order valence-corrected chi connectivity index (χ2v) is 6.85. The van der Waals surface area contributed by atoms with Gasteiger partial charge in [0.1, 0.15) is 12.4 Å². The number of amides is 1. The van der Waals surface area contributed by atoms with Gasteiger partial charge in [0.05, 0.1) is 6.10 Å². The SMILES string of the molecule is CC(C)OC(=O)CNC(=O)CCc1c(-c2ccc(F)cc2)[nH]c2ccccc12. The Hall–Kier alpha value is -3.15. The number of rotatable bonds is 7. The number of halogens is 1. The molecule has 5 nitrogen and oxygen atoms in total. The summed E-state index contributed by atoms with van der Waals surface area (Å²) in [6.07, 6.45) is 0.501. The Kier molecular flexibility index (Phi) is 6.09. The zero-order chi connectivity index (χ0) is 20.1. The first-order chi connectivity index (χ1) is 13.4. The summed E-state index contributed by atoms with van der Waals surface area (Å²) in [6.45, 7) is 3.37. The number of ether oxygens (including phenoxy) is 1. The van der Waals surface area contributed by atoms with E-state index >= 15 is 0 Å². The summed E-state index contributed by atoms with van der Waals surface area (Å²) in [5.74, 6) is -0.979. The van der Waals surface area contributed by atoms with Gasteiger partial charge in [-0.25, -0.2) is 4.39 Å². The highest BCUT2D eigenvalue weighted by Crippen LogP contribution is 2.31. The predicted octanol–water partition coefficient (Wildman–Crippen LogP) is 3.97. The van der Waals surface area contributed by atoms with E-state index < -0.39 is 5.97 Å². The lowest BCUT2D eigenvalue weighted by molar-refractivity contribution is -0.147. The van der Waals surface area contributed by atoms with E-state index in [2.05, 4.69) is 10.3 Å². The van der Waals surface area contributed by atoms with Crippen LogP contribution in [-0.4, -0.2) is 29.5 Å². The molecule has 0 aliphatic carbocycles. The second-order valence-electron chi connectivity index (χ2n) is 6.85. The highest BCUT2D eigenvalue weighted by molar-refractivity contribution is 5.91. The van der Waals surface area contributed by atoms with Gasteiger partial charge in [-0.3, -0.25) is 9.59 Å². The molecule has 1 amide bonds. The quantitative estimate of drug-likeness (QED) is 0.607. The standard InChI is InChI=1S/C22H23FN2O3/c1-14(2)28-21(27)13-24-20(26)12-11-18-17-5-3-4-6-19(17)25-22(18)15-7-9-16(23)10-8-15/h3-10,14,25H,11-13H2,1-2H3,(H,24,26). The molecule has 28 heavy (non-hydrogen) atoms. The van der Waals surface area contributed by atoms with Crippen molar-refractivity contribution < 1.29 is 18.7 Å². The molecule has 0 radical (unpaired) electrons. The smallest absolute Gasteiger partial charge is 0.325 e. The molecule has 2 aromatic carbocycles. The molecule has 0 saturated carbocycles. The van der Waals surface area contributed by atoms with E-state index in [1.807, 2.05) is 24.3 Å². The molecule has 0 unspecified atom stereocenters. The number of carbonyl (C=O) groups excluding carboxylic acids is 2. The normalized spacial score (nSPS) is 11.0. The molecular weight excluding hydrogens is 359 g/mol. The Balaban J connectivity index is 1.75. The molecule has 3 rings (SSSR count). The number of carbonyl (C=O) groups is 2. The van der Waals surface area contributed by atoms with E-state index in [0.29, 0.717) is 6.42 Å². The minimum Gasteiger partial charge on any atom is -0.462 e. The Morgan fingerprint density at radius 3 is 2.54 bits per heavy atom. The number of nitrogens with one attached hydrogen (secondary N) is 2. The topological polar surface area (TPSA) is 71.2 Å². The van der Waals surface area contributed by atoms with Crippen LogP contribution in [0.25, 0.3) is 22.2 Å². The highest BCUT2D eigenvalue weighted by atomic mass is 19.1. The van der Waals surface area contributed by atoms with E-state index in [9.17, 15) is 14.0 Å². The molecule has 0 aliphatic heterocycles. The first-order valence-corrected chi connectivity index (χ1v) is 9.25. The number of aromatic nitrogens is 1. The number of hydrogen-bond acceptors (Lipinski definition) is 3. The minimum absolute atomic E-state index is 0.143. The van der Waals surface area contributed by atoms with Gasteiger partial charge in [-0.05, 0) is 61.7 Å². The molecule has 0 spiro atoms. The van der Waals surface area contributed by atoms with Crippen LogP contribution in [0.15, 0.2) is 48.5 Å². The van der Waals surface area contributed by atoms with Crippen molar-refractivity contribution in [1.82, 2.24) is 10.3 Å². The fourth-order valence-corrected chi connectivity index (χ4v) is 3.12. The van der Waals surface area contributed by atoms with Gasteiger partial charge in [0.15, 0.2) is 0 Å². The summed E-state index contributed by atoms with van der Waals surface area (Å²) in [5, 5.41) is 3.61. The lowest BCUT2D eigenvalue weighted by Crippen LogP contribution is -2.31. The highest BCUT2D eigenvalue weighted by Gasteiger charge is 2.15. The van der Waals surface area contributed by atoms with Crippen molar-refractivity contribution in [3.05, 3.63) is 59.9 Å². The Morgan fingerprint density at radius 1 is 1.11 bits per heavy atom. The number of fused-ring (bicyclic) bond motifs is 1. The van der Waals surface area contributed by atoms with Gasteiger partial charge in [0, 0.05) is 23.0 Å². The van der Waals surface area contributed by atoms with Gasteiger partial charge >= 0.3 is 5.97 Å². The molecule has 0 aliphatic rings. The van der Waals surface area contributed by atoms with Crippen LogP contribution < -0.4 is 5.32 Å². The number of aromatic amines is 1. The van der Waals surface area contributed by atoms with Crippen LogP contribution in [0.3, 0.4) is 0 Å². The number of benzene rings is 2. The molecule has 0 atom stereocenters. The van der Waals surface area contributed by atoms with E-state index in [4.69, 9.17) is 4.74 Å². The predicted molar refractivity (Wildman–Crippen MR) is 106 cm³/mol. The molecule has 2 N–H and O–H groups in total. The van der Waals surface area contributed by atoms with Crippen molar-refractivity contribution in [3.63, 3.8) is 0 Å². The third-order valence-electron chi connectivity index (χ3n) is 4.35. The monoisotopic (exact) mass is 382 g/mol. The summed E-state index contributed by atoms with van der Waals surface area (Å²) < 4.78 is 18.3. The maximum Gasteiger partial charge on any atom is 0.325 e. The number of aryl methyl sites for hydroxylation is 1. The first-order valence-electron chi connectivity index (χ1n) is 9.25. The molecule has 146 valence electrons. The van der Waals surface area contributed by atoms with Crippen LogP contribution in [0.1, 0.15) is 25.8 Å². The Labute approximate surface area is 162 Å². The van der Waals surface area contributed by atoms with E-state index in [1.54, 1.807) is 26.0 Å². The number of H-pyrrole nitrogens is 1. The van der Waals surface area contributed by atoms with Crippen molar-refractivity contribution in [2.24, 2.45) is 0 Å². The fraction of sp³-hybridized carbons (Fsp3) is 0.273. The average molecular weight is 382 g/mol. The van der Waals surface area contributed by atoms with Gasteiger partial charge < -0.3 is 15.0 Å². The molecule has 6 heteroatoms. The molecule has 0 bridgehead atoms.